The number of hydrogen-bond donors (Lipinski definition) is 0. The standard InChI is InChI=1S/C49H31N5/c1-5-15-32(16-6-1)42-31-43(53-49(52-42)37-21-11-4-12-22-37)33-25-27-36(28-26-33)45-39-29-30-41-48(44(39)38-23-13-14-24-40(38)50-45)54-47(35-19-9-3-10-20-35)46(51-41)34-17-7-2-8-18-34/h1-31H. The molecule has 10 aromatic rings. The zero-order valence-electron chi connectivity index (χ0n) is 29.1. The summed E-state index contributed by atoms with van der Waals surface area (Å²) >= 11 is 0. The second-order valence-corrected chi connectivity index (χ2v) is 13.3. The molecule has 10 rings (SSSR count). The maximum Gasteiger partial charge on any atom is 0.160 e. The van der Waals surface area contributed by atoms with E-state index in [1.807, 2.05) is 91.0 Å². The molecule has 0 amide bonds. The monoisotopic (exact) mass is 689 g/mol. The topological polar surface area (TPSA) is 64.5 Å². The van der Waals surface area contributed by atoms with Gasteiger partial charge in [-0.3, -0.25) is 0 Å². The SMILES string of the molecule is c1ccc(-c2cc(-c3ccc(-c4nc5ccccc5c5c4ccc4nc(-c6ccccc6)c(-c6ccccc6)nc45)cc3)nc(-c3ccccc3)n2)cc1. The van der Waals surface area contributed by atoms with Gasteiger partial charge in [-0.25, -0.2) is 24.9 Å². The van der Waals surface area contributed by atoms with Crippen LogP contribution in [0.4, 0.5) is 0 Å². The molecule has 0 N–H and O–H groups in total. The van der Waals surface area contributed by atoms with E-state index in [1.165, 1.54) is 0 Å². The number of hydrogen-bond acceptors (Lipinski definition) is 5. The van der Waals surface area contributed by atoms with E-state index in [1.54, 1.807) is 0 Å². The number of benzene rings is 7. The van der Waals surface area contributed by atoms with Gasteiger partial charge in [0.1, 0.15) is 0 Å². The zero-order valence-corrected chi connectivity index (χ0v) is 29.1. The van der Waals surface area contributed by atoms with Gasteiger partial charge in [0.15, 0.2) is 5.82 Å². The Bertz CT molecular complexity index is 2890. The van der Waals surface area contributed by atoms with E-state index < -0.39 is 0 Å². The average molecular weight is 690 g/mol. The lowest BCUT2D eigenvalue weighted by Gasteiger charge is -2.15. The smallest absolute Gasteiger partial charge is 0.160 e. The molecule has 3 heterocycles. The summed E-state index contributed by atoms with van der Waals surface area (Å²) in [6, 6.07) is 64.2. The molecule has 7 aromatic carbocycles. The van der Waals surface area contributed by atoms with Crippen LogP contribution in [0.15, 0.2) is 188 Å². The highest BCUT2D eigenvalue weighted by Gasteiger charge is 2.19. The van der Waals surface area contributed by atoms with Crippen LogP contribution in [0.1, 0.15) is 0 Å². The molecule has 0 aliphatic carbocycles. The summed E-state index contributed by atoms with van der Waals surface area (Å²) in [5, 5.41) is 3.11. The van der Waals surface area contributed by atoms with Gasteiger partial charge in [0.05, 0.1) is 45.0 Å². The Morgan fingerprint density at radius 1 is 0.278 bits per heavy atom. The summed E-state index contributed by atoms with van der Waals surface area (Å²) in [6.07, 6.45) is 0. The summed E-state index contributed by atoms with van der Waals surface area (Å²) in [5.74, 6) is 0.691. The number of aromatic nitrogens is 5. The highest BCUT2D eigenvalue weighted by atomic mass is 14.9. The Balaban J connectivity index is 1.15. The van der Waals surface area contributed by atoms with Crippen molar-refractivity contribution >= 4 is 32.7 Å². The van der Waals surface area contributed by atoms with Gasteiger partial charge in [-0.15, -0.1) is 0 Å². The van der Waals surface area contributed by atoms with Gasteiger partial charge in [-0.05, 0) is 24.3 Å². The average Bonchev–Trinajstić information content (AvgIpc) is 3.26. The van der Waals surface area contributed by atoms with Crippen molar-refractivity contribution in [1.29, 1.82) is 0 Å². The first-order valence-corrected chi connectivity index (χ1v) is 18.0. The second kappa shape index (κ2) is 13.3. The first kappa shape index (κ1) is 31.4. The molecule has 5 heteroatoms. The third kappa shape index (κ3) is 5.65. The third-order valence-corrected chi connectivity index (χ3v) is 9.87. The van der Waals surface area contributed by atoms with Crippen LogP contribution in [0.3, 0.4) is 0 Å². The molecular weight excluding hydrogens is 659 g/mol. The first-order chi connectivity index (χ1) is 26.8. The number of fused-ring (bicyclic) bond motifs is 5. The van der Waals surface area contributed by atoms with E-state index in [4.69, 9.17) is 24.9 Å². The van der Waals surface area contributed by atoms with Crippen molar-refractivity contribution in [3.05, 3.63) is 188 Å². The van der Waals surface area contributed by atoms with Crippen molar-refractivity contribution in [2.24, 2.45) is 0 Å². The number of nitrogens with zero attached hydrogens (tertiary/aromatic N) is 5. The predicted octanol–water partition coefficient (Wildman–Crippen LogP) is 12.1. The summed E-state index contributed by atoms with van der Waals surface area (Å²) in [6.45, 7) is 0. The van der Waals surface area contributed by atoms with Crippen LogP contribution in [-0.4, -0.2) is 24.9 Å². The lowest BCUT2D eigenvalue weighted by molar-refractivity contribution is 1.18. The van der Waals surface area contributed by atoms with E-state index in [0.717, 1.165) is 94.6 Å². The van der Waals surface area contributed by atoms with Gasteiger partial charge in [0.2, 0.25) is 0 Å². The first-order valence-electron chi connectivity index (χ1n) is 18.0. The van der Waals surface area contributed by atoms with Crippen LogP contribution < -0.4 is 0 Å². The zero-order chi connectivity index (χ0) is 35.8. The lowest BCUT2D eigenvalue weighted by Crippen LogP contribution is -1.98. The lowest BCUT2D eigenvalue weighted by atomic mass is 9.97. The Hall–Kier alpha value is -7.37. The summed E-state index contributed by atoms with van der Waals surface area (Å²) in [4.78, 5) is 26.0. The molecule has 252 valence electrons. The molecule has 0 aliphatic heterocycles. The second-order valence-electron chi connectivity index (χ2n) is 13.3. The molecule has 0 atom stereocenters. The molecule has 5 nitrogen and oxygen atoms in total. The van der Waals surface area contributed by atoms with Crippen molar-refractivity contribution < 1.29 is 0 Å². The maximum atomic E-state index is 5.45. The van der Waals surface area contributed by atoms with Crippen LogP contribution >= 0.6 is 0 Å². The van der Waals surface area contributed by atoms with Crippen molar-refractivity contribution in [1.82, 2.24) is 24.9 Å². The minimum Gasteiger partial charge on any atom is -0.247 e. The molecule has 0 unspecified atom stereocenters. The van der Waals surface area contributed by atoms with E-state index in [0.29, 0.717) is 5.82 Å². The van der Waals surface area contributed by atoms with Crippen LogP contribution in [0, 0.1) is 0 Å². The Morgan fingerprint density at radius 2 is 0.741 bits per heavy atom. The van der Waals surface area contributed by atoms with Crippen molar-refractivity contribution in [3.8, 4) is 67.7 Å². The normalized spacial score (nSPS) is 11.3. The molecule has 0 aliphatic rings. The molecule has 0 bridgehead atoms. The fourth-order valence-corrected chi connectivity index (χ4v) is 7.24. The van der Waals surface area contributed by atoms with Crippen molar-refractivity contribution in [3.63, 3.8) is 0 Å². The summed E-state index contributed by atoms with van der Waals surface area (Å²) < 4.78 is 0. The van der Waals surface area contributed by atoms with Gasteiger partial charge < -0.3 is 0 Å². The van der Waals surface area contributed by atoms with Crippen LogP contribution in [0.2, 0.25) is 0 Å². The highest BCUT2D eigenvalue weighted by molar-refractivity contribution is 6.21. The largest absolute Gasteiger partial charge is 0.247 e. The Labute approximate surface area is 312 Å². The van der Waals surface area contributed by atoms with Gasteiger partial charge in [0.25, 0.3) is 0 Å². The molecule has 0 spiro atoms. The summed E-state index contributed by atoms with van der Waals surface area (Å²) in [5.41, 5.74) is 13.0. The molecule has 3 aromatic heterocycles. The predicted molar refractivity (Wildman–Crippen MR) is 221 cm³/mol. The quantitative estimate of drug-likeness (QED) is 0.163. The van der Waals surface area contributed by atoms with Gasteiger partial charge >= 0.3 is 0 Å². The molecule has 0 saturated carbocycles. The minimum absolute atomic E-state index is 0.691. The Kier molecular flexibility index (Phi) is 7.73. The fourth-order valence-electron chi connectivity index (χ4n) is 7.24. The molecule has 54 heavy (non-hydrogen) atoms. The third-order valence-electron chi connectivity index (χ3n) is 9.87. The molecule has 0 saturated heterocycles. The van der Waals surface area contributed by atoms with Crippen molar-refractivity contribution in [2.45, 2.75) is 0 Å². The Morgan fingerprint density at radius 3 is 1.37 bits per heavy atom. The van der Waals surface area contributed by atoms with Crippen LogP contribution in [0.5, 0.6) is 0 Å². The van der Waals surface area contributed by atoms with Gasteiger partial charge in [0, 0.05) is 49.5 Å². The minimum atomic E-state index is 0.691. The van der Waals surface area contributed by atoms with E-state index in [2.05, 4.69) is 97.1 Å². The maximum absolute atomic E-state index is 5.45. The van der Waals surface area contributed by atoms with Crippen LogP contribution in [-0.2, 0) is 0 Å². The summed E-state index contributed by atoms with van der Waals surface area (Å²) in [7, 11) is 0. The number of para-hydroxylation sites is 1. The highest BCUT2D eigenvalue weighted by Crippen LogP contribution is 2.39. The number of pyridine rings is 1. The van der Waals surface area contributed by atoms with Gasteiger partial charge in [-0.2, -0.15) is 0 Å². The van der Waals surface area contributed by atoms with Crippen LogP contribution in [0.25, 0.3) is 100 Å². The van der Waals surface area contributed by atoms with Gasteiger partial charge in [-0.1, -0.05) is 164 Å². The molecule has 0 radical (unpaired) electrons. The van der Waals surface area contributed by atoms with E-state index in [-0.39, 0.29) is 0 Å². The molecule has 0 fully saturated rings. The van der Waals surface area contributed by atoms with E-state index >= 15 is 0 Å². The number of rotatable bonds is 6. The fraction of sp³-hybridized carbons (Fsp3) is 0. The van der Waals surface area contributed by atoms with E-state index in [9.17, 15) is 0 Å². The molecular formula is C49H31N5. The van der Waals surface area contributed by atoms with Crippen molar-refractivity contribution in [2.75, 3.05) is 0 Å².